The Labute approximate surface area is 127 Å². The molecule has 0 aliphatic rings. The van der Waals surface area contributed by atoms with Gasteiger partial charge in [0, 0.05) is 36.8 Å². The molecular weight excluding hydrogens is 280 g/mol. The summed E-state index contributed by atoms with van der Waals surface area (Å²) in [6.07, 6.45) is 0. The fourth-order valence-corrected chi connectivity index (χ4v) is 2.49. The molecule has 0 unspecified atom stereocenters. The standard InChI is InChI=1S/C16H16N4O2/c1-11-15-8-5-13(9-16(15)19(2)18-11)17-10-12-3-6-14(7-4-12)20(21)22/h3-9,17H,10H2,1-2H3. The van der Waals surface area contributed by atoms with E-state index < -0.39 is 4.92 Å². The SMILES string of the molecule is Cc1nn(C)c2cc(NCc3ccc([N+](=O)[O-])cc3)ccc12. The number of non-ortho nitro benzene ring substituents is 1. The van der Waals surface area contributed by atoms with Crippen LogP contribution in [0.4, 0.5) is 11.4 Å². The molecular formula is C16H16N4O2. The van der Waals surface area contributed by atoms with E-state index in [-0.39, 0.29) is 5.69 Å². The Bertz CT molecular complexity index is 837. The number of nitro benzene ring substituents is 1. The van der Waals surface area contributed by atoms with E-state index in [2.05, 4.69) is 22.5 Å². The molecule has 1 heterocycles. The minimum absolute atomic E-state index is 0.107. The predicted octanol–water partition coefficient (Wildman–Crippen LogP) is 3.40. The molecule has 0 bridgehead atoms. The molecule has 6 nitrogen and oxygen atoms in total. The number of hydrogen-bond donors (Lipinski definition) is 1. The lowest BCUT2D eigenvalue weighted by Gasteiger charge is -2.07. The van der Waals surface area contributed by atoms with Gasteiger partial charge < -0.3 is 5.32 Å². The first-order chi connectivity index (χ1) is 10.5. The molecule has 0 saturated heterocycles. The van der Waals surface area contributed by atoms with E-state index in [1.54, 1.807) is 12.1 Å². The number of hydrogen-bond acceptors (Lipinski definition) is 4. The van der Waals surface area contributed by atoms with Crippen LogP contribution in [-0.4, -0.2) is 14.7 Å². The molecule has 6 heteroatoms. The summed E-state index contributed by atoms with van der Waals surface area (Å²) in [5.74, 6) is 0. The number of nitrogens with one attached hydrogen (secondary N) is 1. The van der Waals surface area contributed by atoms with Gasteiger partial charge in [-0.15, -0.1) is 0 Å². The average Bonchev–Trinajstić information content (AvgIpc) is 2.80. The van der Waals surface area contributed by atoms with Gasteiger partial charge in [0.25, 0.3) is 5.69 Å². The molecule has 3 rings (SSSR count). The summed E-state index contributed by atoms with van der Waals surface area (Å²) in [6.45, 7) is 2.60. The maximum absolute atomic E-state index is 10.6. The topological polar surface area (TPSA) is 73.0 Å². The van der Waals surface area contributed by atoms with Gasteiger partial charge in [-0.3, -0.25) is 14.8 Å². The van der Waals surface area contributed by atoms with Crippen LogP contribution in [0.3, 0.4) is 0 Å². The van der Waals surface area contributed by atoms with Crippen LogP contribution in [0.1, 0.15) is 11.3 Å². The summed E-state index contributed by atoms with van der Waals surface area (Å²) in [6, 6.07) is 12.7. The fraction of sp³-hybridized carbons (Fsp3) is 0.188. The Morgan fingerprint density at radius 3 is 2.64 bits per heavy atom. The number of fused-ring (bicyclic) bond motifs is 1. The van der Waals surface area contributed by atoms with Gasteiger partial charge in [0.1, 0.15) is 0 Å². The Balaban J connectivity index is 1.76. The zero-order chi connectivity index (χ0) is 15.7. The molecule has 2 aromatic carbocycles. The zero-order valence-corrected chi connectivity index (χ0v) is 12.4. The molecule has 3 aromatic rings. The minimum Gasteiger partial charge on any atom is -0.381 e. The van der Waals surface area contributed by atoms with Crippen molar-refractivity contribution in [2.24, 2.45) is 7.05 Å². The van der Waals surface area contributed by atoms with Gasteiger partial charge in [-0.05, 0) is 30.7 Å². The highest BCUT2D eigenvalue weighted by Crippen LogP contribution is 2.22. The number of aromatic nitrogens is 2. The smallest absolute Gasteiger partial charge is 0.269 e. The molecule has 22 heavy (non-hydrogen) atoms. The Hall–Kier alpha value is -2.89. The summed E-state index contributed by atoms with van der Waals surface area (Å²) in [7, 11) is 1.93. The van der Waals surface area contributed by atoms with Gasteiger partial charge in [0.05, 0.1) is 16.1 Å². The van der Waals surface area contributed by atoms with Crippen molar-refractivity contribution in [1.82, 2.24) is 9.78 Å². The third kappa shape index (κ3) is 2.63. The lowest BCUT2D eigenvalue weighted by molar-refractivity contribution is -0.384. The molecule has 0 atom stereocenters. The predicted molar refractivity (Wildman–Crippen MR) is 85.9 cm³/mol. The van der Waals surface area contributed by atoms with E-state index in [0.29, 0.717) is 6.54 Å². The molecule has 1 aromatic heterocycles. The summed E-state index contributed by atoms with van der Waals surface area (Å²) in [4.78, 5) is 10.2. The molecule has 0 spiro atoms. The number of benzene rings is 2. The van der Waals surface area contributed by atoms with E-state index in [1.807, 2.05) is 24.7 Å². The van der Waals surface area contributed by atoms with Crippen molar-refractivity contribution in [3.8, 4) is 0 Å². The number of anilines is 1. The maximum atomic E-state index is 10.6. The Morgan fingerprint density at radius 2 is 1.95 bits per heavy atom. The number of rotatable bonds is 4. The first-order valence-electron chi connectivity index (χ1n) is 6.95. The van der Waals surface area contributed by atoms with Crippen LogP contribution < -0.4 is 5.32 Å². The van der Waals surface area contributed by atoms with Gasteiger partial charge in [0.2, 0.25) is 0 Å². The van der Waals surface area contributed by atoms with Crippen LogP contribution >= 0.6 is 0 Å². The van der Waals surface area contributed by atoms with Gasteiger partial charge in [-0.25, -0.2) is 0 Å². The van der Waals surface area contributed by atoms with Crippen molar-refractivity contribution >= 4 is 22.3 Å². The van der Waals surface area contributed by atoms with Crippen molar-refractivity contribution in [2.45, 2.75) is 13.5 Å². The molecule has 0 radical (unpaired) electrons. The third-order valence-electron chi connectivity index (χ3n) is 3.68. The first-order valence-corrected chi connectivity index (χ1v) is 6.95. The second kappa shape index (κ2) is 5.48. The molecule has 0 aliphatic heterocycles. The second-order valence-electron chi connectivity index (χ2n) is 5.22. The van der Waals surface area contributed by atoms with E-state index in [1.165, 1.54) is 12.1 Å². The lowest BCUT2D eigenvalue weighted by atomic mass is 10.1. The number of nitrogens with zero attached hydrogens (tertiary/aromatic N) is 3. The number of aryl methyl sites for hydroxylation is 2. The molecule has 0 amide bonds. The molecule has 0 aliphatic carbocycles. The summed E-state index contributed by atoms with van der Waals surface area (Å²) in [5.41, 5.74) is 4.18. The molecule has 1 N–H and O–H groups in total. The first kappa shape index (κ1) is 14.1. The van der Waals surface area contributed by atoms with Crippen molar-refractivity contribution < 1.29 is 4.92 Å². The summed E-state index contributed by atoms with van der Waals surface area (Å²) in [5, 5.41) is 19.5. The van der Waals surface area contributed by atoms with Crippen LogP contribution in [0.2, 0.25) is 0 Å². The van der Waals surface area contributed by atoms with Gasteiger partial charge >= 0.3 is 0 Å². The monoisotopic (exact) mass is 296 g/mol. The van der Waals surface area contributed by atoms with Gasteiger partial charge in [-0.1, -0.05) is 12.1 Å². The van der Waals surface area contributed by atoms with Crippen LogP contribution in [0.15, 0.2) is 42.5 Å². The minimum atomic E-state index is -0.393. The third-order valence-corrected chi connectivity index (χ3v) is 3.68. The van der Waals surface area contributed by atoms with Crippen molar-refractivity contribution in [1.29, 1.82) is 0 Å². The van der Waals surface area contributed by atoms with Crippen molar-refractivity contribution in [3.63, 3.8) is 0 Å². The highest BCUT2D eigenvalue weighted by atomic mass is 16.6. The highest BCUT2D eigenvalue weighted by Gasteiger charge is 2.06. The fourth-order valence-electron chi connectivity index (χ4n) is 2.49. The second-order valence-corrected chi connectivity index (χ2v) is 5.22. The molecule has 0 saturated carbocycles. The Morgan fingerprint density at radius 1 is 1.23 bits per heavy atom. The maximum Gasteiger partial charge on any atom is 0.269 e. The van der Waals surface area contributed by atoms with Crippen molar-refractivity contribution in [3.05, 3.63) is 63.8 Å². The highest BCUT2D eigenvalue weighted by molar-refractivity contribution is 5.85. The zero-order valence-electron chi connectivity index (χ0n) is 12.4. The van der Waals surface area contributed by atoms with Crippen LogP contribution in [-0.2, 0) is 13.6 Å². The normalized spacial score (nSPS) is 10.8. The number of nitro groups is 1. The van der Waals surface area contributed by atoms with E-state index in [4.69, 9.17) is 0 Å². The van der Waals surface area contributed by atoms with E-state index in [0.717, 1.165) is 27.8 Å². The molecule has 0 fully saturated rings. The van der Waals surface area contributed by atoms with Crippen LogP contribution in [0.25, 0.3) is 10.9 Å². The van der Waals surface area contributed by atoms with E-state index >= 15 is 0 Å². The average molecular weight is 296 g/mol. The molecule has 112 valence electrons. The van der Waals surface area contributed by atoms with Gasteiger partial charge in [-0.2, -0.15) is 5.10 Å². The van der Waals surface area contributed by atoms with E-state index in [9.17, 15) is 10.1 Å². The van der Waals surface area contributed by atoms with Crippen LogP contribution in [0.5, 0.6) is 0 Å². The van der Waals surface area contributed by atoms with Crippen LogP contribution in [0, 0.1) is 17.0 Å². The summed E-state index contributed by atoms with van der Waals surface area (Å²) >= 11 is 0. The van der Waals surface area contributed by atoms with Crippen molar-refractivity contribution in [2.75, 3.05) is 5.32 Å². The quantitative estimate of drug-likeness (QED) is 0.591. The Kier molecular flexibility index (Phi) is 3.50. The lowest BCUT2D eigenvalue weighted by Crippen LogP contribution is -2.00. The van der Waals surface area contributed by atoms with Gasteiger partial charge in [0.15, 0.2) is 0 Å². The summed E-state index contributed by atoms with van der Waals surface area (Å²) < 4.78 is 1.86. The largest absolute Gasteiger partial charge is 0.381 e.